The van der Waals surface area contributed by atoms with Crippen LogP contribution in [0.15, 0.2) is 0 Å². The summed E-state index contributed by atoms with van der Waals surface area (Å²) < 4.78 is 0. The molecule has 16 heavy (non-hydrogen) atoms. The standard InChI is InChI=1S/C14H29NS/c1-5-6-9-15(13-7-8-13)10-12(11-16)14(2,3)4/h12-13,16H,5-11H2,1-4H3. The fourth-order valence-electron chi connectivity index (χ4n) is 2.11. The second kappa shape index (κ2) is 6.30. The highest BCUT2D eigenvalue weighted by atomic mass is 32.1. The summed E-state index contributed by atoms with van der Waals surface area (Å²) in [5.74, 6) is 1.73. The van der Waals surface area contributed by atoms with Crippen LogP contribution in [0.1, 0.15) is 53.4 Å². The normalized spacial score (nSPS) is 19.1. The second-order valence-corrected chi connectivity index (χ2v) is 6.69. The van der Waals surface area contributed by atoms with Crippen molar-refractivity contribution in [1.29, 1.82) is 0 Å². The van der Waals surface area contributed by atoms with E-state index in [1.54, 1.807) is 0 Å². The van der Waals surface area contributed by atoms with E-state index in [4.69, 9.17) is 0 Å². The van der Waals surface area contributed by atoms with Gasteiger partial charge < -0.3 is 4.90 Å². The molecule has 0 aromatic heterocycles. The fourth-order valence-corrected chi connectivity index (χ4v) is 2.78. The molecule has 0 heterocycles. The first-order valence-corrected chi connectivity index (χ1v) is 7.47. The predicted molar refractivity (Wildman–Crippen MR) is 76.3 cm³/mol. The maximum absolute atomic E-state index is 4.54. The van der Waals surface area contributed by atoms with Gasteiger partial charge in [-0.1, -0.05) is 34.1 Å². The third kappa shape index (κ3) is 4.67. The Balaban J connectivity index is 2.45. The Hall–Kier alpha value is 0.310. The second-order valence-electron chi connectivity index (χ2n) is 6.33. The summed E-state index contributed by atoms with van der Waals surface area (Å²) in [4.78, 5) is 2.72. The number of thiol groups is 1. The lowest BCUT2D eigenvalue weighted by atomic mass is 9.81. The molecule has 0 aliphatic heterocycles. The van der Waals surface area contributed by atoms with Crippen LogP contribution in [0.4, 0.5) is 0 Å². The minimum Gasteiger partial charge on any atom is -0.300 e. The highest BCUT2D eigenvalue weighted by Gasteiger charge is 2.32. The smallest absolute Gasteiger partial charge is 0.00965 e. The van der Waals surface area contributed by atoms with Crippen molar-refractivity contribution in [3.05, 3.63) is 0 Å². The molecule has 0 amide bonds. The van der Waals surface area contributed by atoms with Crippen molar-refractivity contribution in [3.63, 3.8) is 0 Å². The van der Waals surface area contributed by atoms with Crippen LogP contribution in [0.2, 0.25) is 0 Å². The van der Waals surface area contributed by atoms with E-state index >= 15 is 0 Å². The molecule has 1 fully saturated rings. The van der Waals surface area contributed by atoms with Crippen molar-refractivity contribution in [2.24, 2.45) is 11.3 Å². The zero-order chi connectivity index (χ0) is 12.2. The lowest BCUT2D eigenvalue weighted by molar-refractivity contribution is 0.157. The molecule has 1 atom stereocenters. The molecule has 2 heteroatoms. The molecule has 1 aliphatic rings. The summed E-state index contributed by atoms with van der Waals surface area (Å²) in [6.45, 7) is 11.9. The molecule has 1 rings (SSSR count). The van der Waals surface area contributed by atoms with Gasteiger partial charge in [0.25, 0.3) is 0 Å². The van der Waals surface area contributed by atoms with Gasteiger partial charge in [0.1, 0.15) is 0 Å². The van der Waals surface area contributed by atoms with Gasteiger partial charge in [0, 0.05) is 12.6 Å². The zero-order valence-corrected chi connectivity index (χ0v) is 12.4. The monoisotopic (exact) mass is 243 g/mol. The minimum absolute atomic E-state index is 0.390. The summed E-state index contributed by atoms with van der Waals surface area (Å²) in [7, 11) is 0. The molecule has 0 saturated heterocycles. The molecular formula is C14H29NS. The first kappa shape index (κ1) is 14.4. The first-order chi connectivity index (χ1) is 7.49. The summed E-state index contributed by atoms with van der Waals surface area (Å²) in [5.41, 5.74) is 0.390. The SMILES string of the molecule is CCCCN(CC(CS)C(C)(C)C)C1CC1. The zero-order valence-electron chi connectivity index (χ0n) is 11.5. The van der Waals surface area contributed by atoms with E-state index in [-0.39, 0.29) is 0 Å². The van der Waals surface area contributed by atoms with Gasteiger partial charge >= 0.3 is 0 Å². The lowest BCUT2D eigenvalue weighted by Crippen LogP contribution is -2.38. The average Bonchev–Trinajstić information content (AvgIpc) is 3.00. The highest BCUT2D eigenvalue weighted by Crippen LogP contribution is 2.33. The van der Waals surface area contributed by atoms with Gasteiger partial charge in [0.2, 0.25) is 0 Å². The van der Waals surface area contributed by atoms with Crippen LogP contribution >= 0.6 is 12.6 Å². The Kier molecular flexibility index (Phi) is 5.66. The van der Waals surface area contributed by atoms with Crippen LogP contribution < -0.4 is 0 Å². The Bertz CT molecular complexity index is 193. The van der Waals surface area contributed by atoms with E-state index in [1.807, 2.05) is 0 Å². The molecule has 1 nitrogen and oxygen atoms in total. The summed E-state index contributed by atoms with van der Waals surface area (Å²) in [6, 6.07) is 0.899. The highest BCUT2D eigenvalue weighted by molar-refractivity contribution is 7.80. The predicted octanol–water partition coefficient (Wildman–Crippen LogP) is 3.84. The van der Waals surface area contributed by atoms with Crippen molar-refractivity contribution in [1.82, 2.24) is 4.90 Å². The van der Waals surface area contributed by atoms with Gasteiger partial charge in [-0.15, -0.1) is 0 Å². The average molecular weight is 243 g/mol. The molecule has 1 aliphatic carbocycles. The van der Waals surface area contributed by atoms with E-state index in [2.05, 4.69) is 45.2 Å². The number of nitrogens with zero attached hydrogens (tertiary/aromatic N) is 1. The van der Waals surface area contributed by atoms with E-state index in [0.29, 0.717) is 11.3 Å². The van der Waals surface area contributed by atoms with Gasteiger partial charge in [0.15, 0.2) is 0 Å². The van der Waals surface area contributed by atoms with Crippen LogP contribution in [0.3, 0.4) is 0 Å². The molecule has 0 aromatic rings. The number of hydrogen-bond donors (Lipinski definition) is 1. The van der Waals surface area contributed by atoms with Crippen LogP contribution in [0.25, 0.3) is 0 Å². The summed E-state index contributed by atoms with van der Waals surface area (Å²) >= 11 is 4.54. The van der Waals surface area contributed by atoms with Crippen molar-refractivity contribution >= 4 is 12.6 Å². The quantitative estimate of drug-likeness (QED) is 0.665. The number of rotatable bonds is 7. The molecule has 1 saturated carbocycles. The van der Waals surface area contributed by atoms with E-state index in [1.165, 1.54) is 38.8 Å². The molecule has 0 bridgehead atoms. The Labute approximate surface area is 107 Å². The Morgan fingerprint density at radius 2 is 1.94 bits per heavy atom. The van der Waals surface area contributed by atoms with Crippen LogP contribution in [0, 0.1) is 11.3 Å². The summed E-state index contributed by atoms with van der Waals surface area (Å²) in [6.07, 6.45) is 5.50. The van der Waals surface area contributed by atoms with E-state index < -0.39 is 0 Å². The minimum atomic E-state index is 0.390. The van der Waals surface area contributed by atoms with Crippen molar-refractivity contribution in [2.45, 2.75) is 59.4 Å². The molecular weight excluding hydrogens is 214 g/mol. The van der Waals surface area contributed by atoms with Crippen molar-refractivity contribution in [3.8, 4) is 0 Å². The summed E-state index contributed by atoms with van der Waals surface area (Å²) in [5, 5.41) is 0. The van der Waals surface area contributed by atoms with Gasteiger partial charge in [0.05, 0.1) is 0 Å². The fraction of sp³-hybridized carbons (Fsp3) is 1.00. The maximum Gasteiger partial charge on any atom is 0.00965 e. The van der Waals surface area contributed by atoms with Crippen molar-refractivity contribution < 1.29 is 0 Å². The third-order valence-electron chi connectivity index (χ3n) is 3.76. The molecule has 1 unspecified atom stereocenters. The first-order valence-electron chi connectivity index (χ1n) is 6.84. The Morgan fingerprint density at radius 3 is 2.31 bits per heavy atom. The van der Waals surface area contributed by atoms with E-state index in [0.717, 1.165) is 11.8 Å². The number of hydrogen-bond acceptors (Lipinski definition) is 2. The topological polar surface area (TPSA) is 3.24 Å². The number of unbranched alkanes of at least 4 members (excludes halogenated alkanes) is 1. The molecule has 0 N–H and O–H groups in total. The van der Waals surface area contributed by atoms with Crippen LogP contribution in [-0.2, 0) is 0 Å². The van der Waals surface area contributed by atoms with Crippen LogP contribution in [-0.4, -0.2) is 29.8 Å². The van der Waals surface area contributed by atoms with Gasteiger partial charge in [-0.25, -0.2) is 0 Å². The molecule has 0 radical (unpaired) electrons. The molecule has 0 aromatic carbocycles. The van der Waals surface area contributed by atoms with Gasteiger partial charge in [-0.05, 0) is 42.9 Å². The van der Waals surface area contributed by atoms with E-state index in [9.17, 15) is 0 Å². The maximum atomic E-state index is 4.54. The molecule has 0 spiro atoms. The van der Waals surface area contributed by atoms with Crippen molar-refractivity contribution in [2.75, 3.05) is 18.8 Å². The molecule has 96 valence electrons. The van der Waals surface area contributed by atoms with Crippen LogP contribution in [0.5, 0.6) is 0 Å². The lowest BCUT2D eigenvalue weighted by Gasteiger charge is -2.34. The largest absolute Gasteiger partial charge is 0.300 e. The Morgan fingerprint density at radius 1 is 1.31 bits per heavy atom. The third-order valence-corrected chi connectivity index (χ3v) is 4.20. The van der Waals surface area contributed by atoms with Gasteiger partial charge in [-0.3, -0.25) is 0 Å². The van der Waals surface area contributed by atoms with Gasteiger partial charge in [-0.2, -0.15) is 12.6 Å².